The van der Waals surface area contributed by atoms with Crippen molar-refractivity contribution in [3.8, 4) is 5.75 Å². The number of carbonyl (C=O) groups excluding carboxylic acids is 2. The molecule has 2 aromatic carbocycles. The summed E-state index contributed by atoms with van der Waals surface area (Å²) in [6.45, 7) is 4.10. The van der Waals surface area contributed by atoms with Crippen molar-refractivity contribution in [2.45, 2.75) is 6.92 Å². The number of aryl methyl sites for hydroxylation is 1. The van der Waals surface area contributed by atoms with Crippen LogP contribution in [0.5, 0.6) is 5.75 Å². The first kappa shape index (κ1) is 17.0. The predicted molar refractivity (Wildman–Crippen MR) is 96.0 cm³/mol. The van der Waals surface area contributed by atoms with Gasteiger partial charge >= 0.3 is 0 Å². The molecule has 130 valence electrons. The zero-order chi connectivity index (χ0) is 17.8. The highest BCUT2D eigenvalue weighted by Gasteiger charge is 2.26. The fourth-order valence-electron chi connectivity index (χ4n) is 3.03. The molecule has 2 aromatic rings. The number of methoxy groups -OCH3 is 1. The Labute approximate surface area is 147 Å². The van der Waals surface area contributed by atoms with Crippen LogP contribution in [0.3, 0.4) is 0 Å². The minimum atomic E-state index is -0.0260. The number of rotatable bonds is 3. The molecule has 1 fully saturated rings. The zero-order valence-corrected chi connectivity index (χ0v) is 14.6. The first-order chi connectivity index (χ1) is 12.1. The summed E-state index contributed by atoms with van der Waals surface area (Å²) < 4.78 is 5.18. The van der Waals surface area contributed by atoms with Crippen molar-refractivity contribution in [1.82, 2.24) is 9.80 Å². The van der Waals surface area contributed by atoms with E-state index in [0.717, 1.165) is 11.1 Å². The molecule has 5 nitrogen and oxygen atoms in total. The molecule has 0 aromatic heterocycles. The van der Waals surface area contributed by atoms with Crippen molar-refractivity contribution in [2.75, 3.05) is 33.3 Å². The van der Waals surface area contributed by atoms with Crippen LogP contribution in [0.2, 0.25) is 0 Å². The standard InChI is InChI=1S/C20H22N2O3/c1-15-6-3-4-9-18(15)20(24)22-12-10-21(11-13-22)19(23)16-7-5-8-17(14-16)25-2/h3-9,14H,10-13H2,1-2H3. The molecule has 0 unspecified atom stereocenters. The Morgan fingerprint density at radius 3 is 2.16 bits per heavy atom. The Kier molecular flexibility index (Phi) is 5.03. The van der Waals surface area contributed by atoms with Crippen LogP contribution in [0.15, 0.2) is 48.5 Å². The lowest BCUT2D eigenvalue weighted by molar-refractivity contribution is 0.0535. The second-order valence-electron chi connectivity index (χ2n) is 6.13. The van der Waals surface area contributed by atoms with E-state index in [-0.39, 0.29) is 11.8 Å². The molecule has 0 N–H and O–H groups in total. The third-order valence-electron chi connectivity index (χ3n) is 4.55. The molecule has 1 heterocycles. The predicted octanol–water partition coefficient (Wildman–Crippen LogP) is 2.60. The fourth-order valence-corrected chi connectivity index (χ4v) is 3.03. The lowest BCUT2D eigenvalue weighted by Crippen LogP contribution is -2.50. The van der Waals surface area contributed by atoms with Crippen molar-refractivity contribution in [1.29, 1.82) is 0 Å². The molecule has 0 aliphatic carbocycles. The van der Waals surface area contributed by atoms with Crippen LogP contribution in [0.1, 0.15) is 26.3 Å². The van der Waals surface area contributed by atoms with E-state index < -0.39 is 0 Å². The quantitative estimate of drug-likeness (QED) is 0.864. The molecule has 1 aliphatic rings. The van der Waals surface area contributed by atoms with Gasteiger partial charge in [-0.3, -0.25) is 9.59 Å². The Hall–Kier alpha value is -2.82. The van der Waals surface area contributed by atoms with E-state index in [1.54, 1.807) is 24.1 Å². The number of ether oxygens (including phenoxy) is 1. The molecule has 1 saturated heterocycles. The first-order valence-electron chi connectivity index (χ1n) is 8.38. The number of piperazine rings is 1. The van der Waals surface area contributed by atoms with Gasteiger partial charge in [-0.1, -0.05) is 24.3 Å². The third-order valence-corrected chi connectivity index (χ3v) is 4.55. The average molecular weight is 338 g/mol. The van der Waals surface area contributed by atoms with E-state index in [2.05, 4.69) is 0 Å². The molecular weight excluding hydrogens is 316 g/mol. The maximum Gasteiger partial charge on any atom is 0.254 e. The van der Waals surface area contributed by atoms with Crippen molar-refractivity contribution in [2.24, 2.45) is 0 Å². The van der Waals surface area contributed by atoms with Crippen molar-refractivity contribution in [3.63, 3.8) is 0 Å². The van der Waals surface area contributed by atoms with Gasteiger partial charge in [-0.15, -0.1) is 0 Å². The van der Waals surface area contributed by atoms with Crippen LogP contribution in [0.25, 0.3) is 0 Å². The molecule has 5 heteroatoms. The van der Waals surface area contributed by atoms with E-state index >= 15 is 0 Å². The van der Waals surface area contributed by atoms with E-state index in [1.165, 1.54) is 0 Å². The minimum absolute atomic E-state index is 0.0260. The Morgan fingerprint density at radius 1 is 0.880 bits per heavy atom. The van der Waals surface area contributed by atoms with Crippen molar-refractivity contribution >= 4 is 11.8 Å². The molecular formula is C20H22N2O3. The molecule has 0 spiro atoms. The highest BCUT2D eigenvalue weighted by Crippen LogP contribution is 2.17. The van der Waals surface area contributed by atoms with Gasteiger partial charge in [0.25, 0.3) is 11.8 Å². The number of carbonyl (C=O) groups is 2. The van der Waals surface area contributed by atoms with Gasteiger partial charge in [0, 0.05) is 37.3 Å². The first-order valence-corrected chi connectivity index (χ1v) is 8.38. The SMILES string of the molecule is COc1cccc(C(=O)N2CCN(C(=O)c3ccccc3C)CC2)c1. The summed E-state index contributed by atoms with van der Waals surface area (Å²) in [5.41, 5.74) is 2.32. The van der Waals surface area contributed by atoms with Gasteiger partial charge in [0.2, 0.25) is 0 Å². The summed E-state index contributed by atoms with van der Waals surface area (Å²) in [5, 5.41) is 0. The van der Waals surface area contributed by atoms with Gasteiger partial charge in [-0.2, -0.15) is 0 Å². The normalized spacial score (nSPS) is 14.3. The monoisotopic (exact) mass is 338 g/mol. The van der Waals surface area contributed by atoms with E-state index in [1.807, 2.05) is 48.2 Å². The summed E-state index contributed by atoms with van der Waals surface area (Å²) in [6.07, 6.45) is 0. The number of nitrogens with zero attached hydrogens (tertiary/aromatic N) is 2. The fraction of sp³-hybridized carbons (Fsp3) is 0.300. The van der Waals surface area contributed by atoms with Gasteiger partial charge < -0.3 is 14.5 Å². The smallest absolute Gasteiger partial charge is 0.254 e. The van der Waals surface area contributed by atoms with Crippen LogP contribution in [-0.2, 0) is 0 Å². The maximum atomic E-state index is 12.7. The van der Waals surface area contributed by atoms with E-state index in [4.69, 9.17) is 4.74 Å². The van der Waals surface area contributed by atoms with E-state index in [9.17, 15) is 9.59 Å². The molecule has 1 aliphatic heterocycles. The summed E-state index contributed by atoms with van der Waals surface area (Å²) in [5.74, 6) is 0.674. The lowest BCUT2D eigenvalue weighted by Gasteiger charge is -2.35. The van der Waals surface area contributed by atoms with Gasteiger partial charge in [0.15, 0.2) is 0 Å². The van der Waals surface area contributed by atoms with E-state index in [0.29, 0.717) is 37.5 Å². The summed E-state index contributed by atoms with van der Waals surface area (Å²) >= 11 is 0. The zero-order valence-electron chi connectivity index (χ0n) is 14.6. The molecule has 0 bridgehead atoms. The maximum absolute atomic E-state index is 12.7. The third kappa shape index (κ3) is 3.65. The van der Waals surface area contributed by atoms with Gasteiger partial charge in [-0.25, -0.2) is 0 Å². The Bertz CT molecular complexity index is 780. The van der Waals surface area contributed by atoms with Crippen LogP contribution >= 0.6 is 0 Å². The van der Waals surface area contributed by atoms with Crippen molar-refractivity contribution < 1.29 is 14.3 Å². The minimum Gasteiger partial charge on any atom is -0.497 e. The Balaban J connectivity index is 1.64. The summed E-state index contributed by atoms with van der Waals surface area (Å²) in [7, 11) is 1.58. The summed E-state index contributed by atoms with van der Waals surface area (Å²) in [4.78, 5) is 28.9. The van der Waals surface area contributed by atoms with Crippen LogP contribution < -0.4 is 4.74 Å². The van der Waals surface area contributed by atoms with Crippen LogP contribution in [-0.4, -0.2) is 54.9 Å². The highest BCUT2D eigenvalue weighted by molar-refractivity contribution is 5.97. The number of benzene rings is 2. The second kappa shape index (κ2) is 7.38. The molecule has 0 saturated carbocycles. The van der Waals surface area contributed by atoms with Crippen molar-refractivity contribution in [3.05, 3.63) is 65.2 Å². The molecule has 0 radical (unpaired) electrons. The highest BCUT2D eigenvalue weighted by atomic mass is 16.5. The molecule has 2 amide bonds. The second-order valence-corrected chi connectivity index (χ2v) is 6.13. The number of amides is 2. The topological polar surface area (TPSA) is 49.9 Å². The number of hydrogen-bond acceptors (Lipinski definition) is 3. The Morgan fingerprint density at radius 2 is 1.52 bits per heavy atom. The molecule has 3 rings (SSSR count). The van der Waals surface area contributed by atoms with Gasteiger partial charge in [-0.05, 0) is 36.8 Å². The molecule has 0 atom stereocenters. The number of hydrogen-bond donors (Lipinski definition) is 0. The summed E-state index contributed by atoms with van der Waals surface area (Å²) in [6, 6.07) is 14.8. The van der Waals surface area contributed by atoms with Crippen LogP contribution in [0, 0.1) is 6.92 Å². The van der Waals surface area contributed by atoms with Crippen LogP contribution in [0.4, 0.5) is 0 Å². The molecule has 25 heavy (non-hydrogen) atoms. The average Bonchev–Trinajstić information content (AvgIpc) is 2.67. The van der Waals surface area contributed by atoms with Gasteiger partial charge in [0.05, 0.1) is 7.11 Å². The lowest BCUT2D eigenvalue weighted by atomic mass is 10.1. The largest absolute Gasteiger partial charge is 0.497 e. The van der Waals surface area contributed by atoms with Gasteiger partial charge in [0.1, 0.15) is 5.75 Å².